The lowest BCUT2D eigenvalue weighted by Gasteiger charge is -2.36. The highest BCUT2D eigenvalue weighted by atomic mass is 16.5. The fourth-order valence-corrected chi connectivity index (χ4v) is 2.36. The van der Waals surface area contributed by atoms with E-state index in [9.17, 15) is 5.11 Å². The van der Waals surface area contributed by atoms with E-state index in [1.807, 2.05) is 0 Å². The van der Waals surface area contributed by atoms with Crippen molar-refractivity contribution in [1.29, 1.82) is 0 Å². The maximum absolute atomic E-state index is 10.7. The Labute approximate surface area is 107 Å². The second kappa shape index (κ2) is 5.63. The minimum absolute atomic E-state index is 0.121. The van der Waals surface area contributed by atoms with Crippen LogP contribution < -0.4 is 4.74 Å². The number of ether oxygens (including phenoxy) is 2. The van der Waals surface area contributed by atoms with E-state index in [1.165, 1.54) is 7.11 Å². The number of methoxy groups -OCH3 is 1. The second-order valence-electron chi connectivity index (χ2n) is 4.73. The van der Waals surface area contributed by atoms with Crippen molar-refractivity contribution in [1.82, 2.24) is 9.97 Å². The molecule has 1 aliphatic heterocycles. The third-order valence-corrected chi connectivity index (χ3v) is 3.39. The first-order chi connectivity index (χ1) is 8.68. The van der Waals surface area contributed by atoms with Crippen LogP contribution in [-0.2, 0) is 10.3 Å². The van der Waals surface area contributed by atoms with Crippen LogP contribution in [0.15, 0.2) is 12.4 Å². The van der Waals surface area contributed by atoms with Crippen LogP contribution in [-0.4, -0.2) is 34.9 Å². The van der Waals surface area contributed by atoms with Gasteiger partial charge in [-0.15, -0.1) is 0 Å². The molecule has 1 saturated heterocycles. The molecule has 0 bridgehead atoms. The summed E-state index contributed by atoms with van der Waals surface area (Å²) in [6.07, 6.45) is 6.62. The topological polar surface area (TPSA) is 64.5 Å². The maximum atomic E-state index is 10.7. The van der Waals surface area contributed by atoms with E-state index in [0.29, 0.717) is 25.5 Å². The number of aromatic nitrogens is 2. The minimum atomic E-state index is -0.871. The molecular weight excluding hydrogens is 232 g/mol. The summed E-state index contributed by atoms with van der Waals surface area (Å²) in [4.78, 5) is 8.11. The van der Waals surface area contributed by atoms with Gasteiger partial charge < -0.3 is 14.6 Å². The molecule has 0 amide bonds. The van der Waals surface area contributed by atoms with E-state index in [-0.39, 0.29) is 6.10 Å². The number of rotatable bonds is 4. The van der Waals surface area contributed by atoms with E-state index < -0.39 is 5.60 Å². The molecule has 5 nitrogen and oxygen atoms in total. The van der Waals surface area contributed by atoms with Gasteiger partial charge in [0, 0.05) is 30.8 Å². The fourth-order valence-electron chi connectivity index (χ4n) is 2.36. The highest BCUT2D eigenvalue weighted by Gasteiger charge is 2.36. The van der Waals surface area contributed by atoms with Crippen LogP contribution >= 0.6 is 0 Å². The lowest BCUT2D eigenvalue weighted by atomic mass is 9.84. The summed E-state index contributed by atoms with van der Waals surface area (Å²) in [7, 11) is 1.52. The fraction of sp³-hybridized carbons (Fsp3) is 0.692. The molecule has 0 aromatic carbocycles. The SMILES string of the molecule is CCCC1CC(O)(c2cnc(OC)nc2)CCO1. The highest BCUT2D eigenvalue weighted by Crippen LogP contribution is 2.35. The van der Waals surface area contributed by atoms with Crippen molar-refractivity contribution in [3.8, 4) is 6.01 Å². The average molecular weight is 252 g/mol. The monoisotopic (exact) mass is 252 g/mol. The summed E-state index contributed by atoms with van der Waals surface area (Å²) in [5, 5.41) is 10.7. The molecule has 2 heterocycles. The Hall–Kier alpha value is -1.20. The van der Waals surface area contributed by atoms with Gasteiger partial charge in [-0.3, -0.25) is 0 Å². The second-order valence-corrected chi connectivity index (χ2v) is 4.73. The molecule has 1 aliphatic rings. The van der Waals surface area contributed by atoms with Crippen molar-refractivity contribution < 1.29 is 14.6 Å². The Balaban J connectivity index is 2.13. The Morgan fingerprint density at radius 2 is 2.22 bits per heavy atom. The molecule has 100 valence electrons. The number of aliphatic hydroxyl groups is 1. The number of nitrogens with zero attached hydrogens (tertiary/aromatic N) is 2. The van der Waals surface area contributed by atoms with Gasteiger partial charge in [0.2, 0.25) is 0 Å². The van der Waals surface area contributed by atoms with Crippen molar-refractivity contribution in [3.05, 3.63) is 18.0 Å². The molecule has 1 aromatic heterocycles. The van der Waals surface area contributed by atoms with Crippen molar-refractivity contribution in [3.63, 3.8) is 0 Å². The summed E-state index contributed by atoms with van der Waals surface area (Å²) < 4.78 is 10.6. The highest BCUT2D eigenvalue weighted by molar-refractivity contribution is 5.17. The maximum Gasteiger partial charge on any atom is 0.316 e. The number of hydrogen-bond acceptors (Lipinski definition) is 5. The van der Waals surface area contributed by atoms with Crippen LogP contribution in [0.25, 0.3) is 0 Å². The smallest absolute Gasteiger partial charge is 0.316 e. The Kier molecular flexibility index (Phi) is 4.14. The molecule has 18 heavy (non-hydrogen) atoms. The molecule has 0 saturated carbocycles. The molecule has 0 aliphatic carbocycles. The first-order valence-electron chi connectivity index (χ1n) is 6.38. The van der Waals surface area contributed by atoms with Crippen molar-refractivity contribution >= 4 is 0 Å². The summed E-state index contributed by atoms with van der Waals surface area (Å²) >= 11 is 0. The zero-order chi connectivity index (χ0) is 13.0. The van der Waals surface area contributed by atoms with Crippen LogP contribution in [0.2, 0.25) is 0 Å². The van der Waals surface area contributed by atoms with Gasteiger partial charge in [-0.25, -0.2) is 9.97 Å². The molecule has 1 aromatic rings. The van der Waals surface area contributed by atoms with E-state index in [1.54, 1.807) is 12.4 Å². The Morgan fingerprint density at radius 1 is 1.50 bits per heavy atom. The summed E-state index contributed by atoms with van der Waals surface area (Å²) in [5.74, 6) is 0. The first kappa shape index (κ1) is 13.2. The van der Waals surface area contributed by atoms with Gasteiger partial charge in [-0.1, -0.05) is 13.3 Å². The molecule has 1 fully saturated rings. The minimum Gasteiger partial charge on any atom is -0.467 e. The Bertz CT molecular complexity index is 380. The van der Waals surface area contributed by atoms with Gasteiger partial charge in [0.05, 0.1) is 25.4 Å². The molecule has 1 N–H and O–H groups in total. The summed E-state index contributed by atoms with van der Waals surface area (Å²) in [6.45, 7) is 2.70. The normalized spacial score (nSPS) is 28.1. The van der Waals surface area contributed by atoms with Crippen LogP contribution in [0.4, 0.5) is 0 Å². The molecular formula is C13H20N2O3. The molecule has 2 atom stereocenters. The molecule has 0 radical (unpaired) electrons. The summed E-state index contributed by atoms with van der Waals surface area (Å²) in [5.41, 5.74) is -0.127. The van der Waals surface area contributed by atoms with E-state index in [0.717, 1.165) is 18.4 Å². The zero-order valence-electron chi connectivity index (χ0n) is 10.9. The van der Waals surface area contributed by atoms with Gasteiger partial charge >= 0.3 is 6.01 Å². The van der Waals surface area contributed by atoms with Crippen molar-refractivity contribution in [2.24, 2.45) is 0 Å². The van der Waals surface area contributed by atoms with Gasteiger partial charge in [0.1, 0.15) is 0 Å². The zero-order valence-corrected chi connectivity index (χ0v) is 10.9. The van der Waals surface area contributed by atoms with Crippen LogP contribution in [0.5, 0.6) is 6.01 Å². The van der Waals surface area contributed by atoms with Gasteiger partial charge in [0.25, 0.3) is 0 Å². The van der Waals surface area contributed by atoms with Gasteiger partial charge in [0.15, 0.2) is 0 Å². The van der Waals surface area contributed by atoms with E-state index in [4.69, 9.17) is 9.47 Å². The summed E-state index contributed by atoms with van der Waals surface area (Å²) in [6, 6.07) is 0.319. The van der Waals surface area contributed by atoms with Crippen LogP contribution in [0, 0.1) is 0 Å². The number of hydrogen-bond donors (Lipinski definition) is 1. The van der Waals surface area contributed by atoms with Gasteiger partial charge in [-0.2, -0.15) is 0 Å². The lowest BCUT2D eigenvalue weighted by Crippen LogP contribution is -2.38. The van der Waals surface area contributed by atoms with Crippen LogP contribution in [0.3, 0.4) is 0 Å². The molecule has 2 unspecified atom stereocenters. The lowest BCUT2D eigenvalue weighted by molar-refractivity contribution is -0.110. The quantitative estimate of drug-likeness (QED) is 0.882. The van der Waals surface area contributed by atoms with E-state index in [2.05, 4.69) is 16.9 Å². The molecule has 2 rings (SSSR count). The van der Waals surface area contributed by atoms with Gasteiger partial charge in [-0.05, 0) is 6.42 Å². The van der Waals surface area contributed by atoms with Crippen molar-refractivity contribution in [2.45, 2.75) is 44.3 Å². The average Bonchev–Trinajstić information content (AvgIpc) is 2.39. The van der Waals surface area contributed by atoms with E-state index >= 15 is 0 Å². The Morgan fingerprint density at radius 3 is 2.83 bits per heavy atom. The largest absolute Gasteiger partial charge is 0.467 e. The van der Waals surface area contributed by atoms with Crippen molar-refractivity contribution in [2.75, 3.05) is 13.7 Å². The first-order valence-corrected chi connectivity index (χ1v) is 6.38. The third-order valence-electron chi connectivity index (χ3n) is 3.39. The van der Waals surface area contributed by atoms with Crippen LogP contribution in [0.1, 0.15) is 38.2 Å². The molecule has 0 spiro atoms. The predicted octanol–water partition coefficient (Wildman–Crippen LogP) is 1.65. The molecule has 5 heteroatoms. The third kappa shape index (κ3) is 2.79. The predicted molar refractivity (Wildman–Crippen MR) is 66.4 cm³/mol. The standard InChI is InChI=1S/C13H20N2O3/c1-3-4-11-7-13(16,5-6-18-11)10-8-14-12(17-2)15-9-10/h8-9,11,16H,3-7H2,1-2H3.